The highest BCUT2D eigenvalue weighted by Gasteiger charge is 2.41. The molecule has 0 aromatic carbocycles. The maximum Gasteiger partial charge on any atom is 0.140 e. The number of nitrogens with zero attached hydrogens (tertiary/aromatic N) is 3. The molecule has 1 heterocycles. The van der Waals surface area contributed by atoms with Crippen molar-refractivity contribution in [3.05, 3.63) is 12.2 Å². The number of aryl methyl sites for hydroxylation is 1. The second kappa shape index (κ2) is 4.93. The summed E-state index contributed by atoms with van der Waals surface area (Å²) >= 11 is 0. The van der Waals surface area contributed by atoms with Crippen LogP contribution in [0.3, 0.4) is 0 Å². The minimum absolute atomic E-state index is 0.162. The molecule has 0 unspecified atom stereocenters. The van der Waals surface area contributed by atoms with Crippen molar-refractivity contribution >= 4 is 0 Å². The molecule has 0 aliphatic heterocycles. The van der Waals surface area contributed by atoms with Gasteiger partial charge in [0.1, 0.15) is 12.2 Å². The van der Waals surface area contributed by atoms with Crippen LogP contribution in [-0.2, 0) is 13.1 Å². The largest absolute Gasteiger partial charge is 0.396 e. The first kappa shape index (κ1) is 11.5. The molecule has 2 rings (SSSR count). The van der Waals surface area contributed by atoms with Crippen molar-refractivity contribution in [1.82, 2.24) is 20.1 Å². The quantitative estimate of drug-likeness (QED) is 0.710. The van der Waals surface area contributed by atoms with Crippen molar-refractivity contribution < 1.29 is 5.11 Å². The van der Waals surface area contributed by atoms with Crippen molar-refractivity contribution in [2.75, 3.05) is 13.2 Å². The summed E-state index contributed by atoms with van der Waals surface area (Å²) in [6.45, 7) is 4.96. The minimum Gasteiger partial charge on any atom is -0.396 e. The molecular formula is C11H20N4O. The van der Waals surface area contributed by atoms with Gasteiger partial charge in [-0.2, -0.15) is 5.10 Å². The Labute approximate surface area is 95.9 Å². The van der Waals surface area contributed by atoms with Crippen molar-refractivity contribution in [2.45, 2.75) is 39.3 Å². The lowest BCUT2D eigenvalue weighted by Gasteiger charge is -2.12. The molecule has 0 radical (unpaired) electrons. The molecule has 1 aliphatic rings. The summed E-state index contributed by atoms with van der Waals surface area (Å²) in [5, 5.41) is 16.7. The first-order valence-corrected chi connectivity index (χ1v) is 5.98. The second-order valence-corrected chi connectivity index (χ2v) is 4.66. The predicted molar refractivity (Wildman–Crippen MR) is 60.8 cm³/mol. The van der Waals surface area contributed by atoms with Gasteiger partial charge < -0.3 is 10.4 Å². The fraction of sp³-hybridized carbons (Fsp3) is 0.818. The topological polar surface area (TPSA) is 63.0 Å². The Balaban J connectivity index is 1.78. The second-order valence-electron chi connectivity index (χ2n) is 4.66. The number of rotatable bonds is 7. The third kappa shape index (κ3) is 2.59. The number of aromatic nitrogens is 3. The lowest BCUT2D eigenvalue weighted by molar-refractivity contribution is 0.207. The van der Waals surface area contributed by atoms with Crippen LogP contribution < -0.4 is 5.32 Å². The third-order valence-corrected chi connectivity index (χ3v) is 3.21. The van der Waals surface area contributed by atoms with E-state index in [9.17, 15) is 5.11 Å². The summed E-state index contributed by atoms with van der Waals surface area (Å²) in [5.41, 5.74) is 0.162. The van der Waals surface area contributed by atoms with Gasteiger partial charge in [-0.15, -0.1) is 0 Å². The number of hydrogen-bond donors (Lipinski definition) is 2. The van der Waals surface area contributed by atoms with Crippen LogP contribution in [0.2, 0.25) is 0 Å². The summed E-state index contributed by atoms with van der Waals surface area (Å²) < 4.78 is 1.94. The van der Waals surface area contributed by atoms with Gasteiger partial charge in [0.15, 0.2) is 0 Å². The van der Waals surface area contributed by atoms with E-state index in [0.717, 1.165) is 44.7 Å². The highest BCUT2D eigenvalue weighted by Crippen LogP contribution is 2.44. The van der Waals surface area contributed by atoms with Gasteiger partial charge >= 0.3 is 0 Å². The molecule has 1 aromatic rings. The molecule has 0 spiro atoms. The van der Waals surface area contributed by atoms with Crippen LogP contribution in [0.25, 0.3) is 0 Å². The average Bonchev–Trinajstić information content (AvgIpc) is 2.95. The van der Waals surface area contributed by atoms with Gasteiger partial charge in [0.25, 0.3) is 0 Å². The number of aliphatic hydroxyl groups is 1. The molecule has 0 saturated heterocycles. The summed E-state index contributed by atoms with van der Waals surface area (Å²) in [7, 11) is 0. The first-order valence-electron chi connectivity index (χ1n) is 5.98. The van der Waals surface area contributed by atoms with Gasteiger partial charge in [0, 0.05) is 25.1 Å². The Hall–Kier alpha value is -0.940. The molecule has 2 N–H and O–H groups in total. The zero-order valence-corrected chi connectivity index (χ0v) is 9.82. The van der Waals surface area contributed by atoms with Crippen LogP contribution in [0.4, 0.5) is 0 Å². The minimum atomic E-state index is 0.162. The fourth-order valence-corrected chi connectivity index (χ4v) is 1.83. The van der Waals surface area contributed by atoms with E-state index in [1.807, 2.05) is 4.68 Å². The monoisotopic (exact) mass is 224 g/mol. The Morgan fingerprint density at radius 3 is 3.00 bits per heavy atom. The summed E-state index contributed by atoms with van der Waals surface area (Å²) in [6, 6.07) is 0. The van der Waals surface area contributed by atoms with Crippen LogP contribution in [0.1, 0.15) is 32.0 Å². The van der Waals surface area contributed by atoms with Gasteiger partial charge in [0.2, 0.25) is 0 Å². The molecule has 90 valence electrons. The summed E-state index contributed by atoms with van der Waals surface area (Å²) in [6.07, 6.45) is 4.94. The van der Waals surface area contributed by atoms with Gasteiger partial charge in [0.05, 0.1) is 6.54 Å². The number of nitrogens with one attached hydrogen (secondary N) is 1. The van der Waals surface area contributed by atoms with E-state index in [1.165, 1.54) is 0 Å². The van der Waals surface area contributed by atoms with Gasteiger partial charge in [-0.1, -0.05) is 6.92 Å². The van der Waals surface area contributed by atoms with E-state index in [-0.39, 0.29) is 5.41 Å². The van der Waals surface area contributed by atoms with Crippen LogP contribution in [0, 0.1) is 5.41 Å². The molecule has 5 nitrogen and oxygen atoms in total. The van der Waals surface area contributed by atoms with Crippen LogP contribution >= 0.6 is 0 Å². The molecule has 1 aromatic heterocycles. The Kier molecular flexibility index (Phi) is 3.56. The Morgan fingerprint density at radius 2 is 2.38 bits per heavy atom. The van der Waals surface area contributed by atoms with Crippen molar-refractivity contribution in [3.8, 4) is 0 Å². The molecule has 0 amide bonds. The lowest BCUT2D eigenvalue weighted by atomic mass is 10.1. The molecule has 1 fully saturated rings. The van der Waals surface area contributed by atoms with Gasteiger partial charge in [-0.3, -0.25) is 0 Å². The molecule has 16 heavy (non-hydrogen) atoms. The van der Waals surface area contributed by atoms with E-state index in [4.69, 9.17) is 0 Å². The van der Waals surface area contributed by atoms with E-state index < -0.39 is 0 Å². The number of aliphatic hydroxyl groups excluding tert-OH is 1. The van der Waals surface area contributed by atoms with Crippen molar-refractivity contribution in [1.29, 1.82) is 0 Å². The van der Waals surface area contributed by atoms with Gasteiger partial charge in [-0.25, -0.2) is 9.67 Å². The molecular weight excluding hydrogens is 204 g/mol. The molecule has 5 heteroatoms. The highest BCUT2D eigenvalue weighted by molar-refractivity contribution is 4.95. The Bertz CT molecular complexity index is 332. The summed E-state index contributed by atoms with van der Waals surface area (Å²) in [5.74, 6) is 0.982. The van der Waals surface area contributed by atoms with E-state index in [0.29, 0.717) is 6.61 Å². The van der Waals surface area contributed by atoms with E-state index >= 15 is 0 Å². The first-order chi connectivity index (χ1) is 7.79. The molecule has 0 atom stereocenters. The third-order valence-electron chi connectivity index (χ3n) is 3.21. The highest BCUT2D eigenvalue weighted by atomic mass is 16.3. The van der Waals surface area contributed by atoms with Gasteiger partial charge in [-0.05, 0) is 19.3 Å². The molecule has 1 saturated carbocycles. The number of hydrogen-bond acceptors (Lipinski definition) is 4. The zero-order valence-electron chi connectivity index (χ0n) is 9.82. The van der Waals surface area contributed by atoms with Crippen molar-refractivity contribution in [2.24, 2.45) is 5.41 Å². The molecule has 1 aliphatic carbocycles. The maximum absolute atomic E-state index is 9.18. The lowest BCUT2D eigenvalue weighted by Crippen LogP contribution is -2.27. The SMILES string of the molecule is CCCn1ncnc1CNCC1(CO)CC1. The maximum atomic E-state index is 9.18. The predicted octanol–water partition coefficient (Wildman–Crippen LogP) is 0.550. The Morgan fingerprint density at radius 1 is 1.56 bits per heavy atom. The van der Waals surface area contributed by atoms with E-state index in [1.54, 1.807) is 6.33 Å². The fourth-order valence-electron chi connectivity index (χ4n) is 1.83. The molecule has 0 bridgehead atoms. The van der Waals surface area contributed by atoms with E-state index in [2.05, 4.69) is 22.3 Å². The standard InChI is InChI=1S/C11H20N4O/c1-2-5-15-10(13-9-14-15)6-12-7-11(8-16)3-4-11/h9,12,16H,2-8H2,1H3. The summed E-state index contributed by atoms with van der Waals surface area (Å²) in [4.78, 5) is 4.23. The zero-order chi connectivity index (χ0) is 11.4. The normalized spacial score (nSPS) is 17.6. The smallest absolute Gasteiger partial charge is 0.140 e. The van der Waals surface area contributed by atoms with Crippen LogP contribution in [0.5, 0.6) is 0 Å². The van der Waals surface area contributed by atoms with Crippen LogP contribution in [-0.4, -0.2) is 33.0 Å². The van der Waals surface area contributed by atoms with Crippen molar-refractivity contribution in [3.63, 3.8) is 0 Å². The van der Waals surface area contributed by atoms with Crippen LogP contribution in [0.15, 0.2) is 6.33 Å². The average molecular weight is 224 g/mol.